The molecule has 1 unspecified atom stereocenters. The van der Waals surface area contributed by atoms with Crippen molar-refractivity contribution < 1.29 is 18.8 Å². The van der Waals surface area contributed by atoms with Crippen LogP contribution in [0.15, 0.2) is 24.3 Å². The zero-order chi connectivity index (χ0) is 17.1. The van der Waals surface area contributed by atoms with Crippen molar-refractivity contribution in [1.82, 2.24) is 15.1 Å². The molecule has 1 saturated heterocycles. The molecule has 1 aromatic carbocycles. The second-order valence-electron chi connectivity index (χ2n) is 5.77. The van der Waals surface area contributed by atoms with Crippen LogP contribution in [0.3, 0.4) is 0 Å². The van der Waals surface area contributed by atoms with Crippen LogP contribution in [0.2, 0.25) is 0 Å². The fraction of sp³-hybridized carbons (Fsp3) is 0.438. The van der Waals surface area contributed by atoms with E-state index in [0.717, 1.165) is 4.90 Å². The van der Waals surface area contributed by atoms with Gasteiger partial charge in [0.2, 0.25) is 17.7 Å². The van der Waals surface area contributed by atoms with E-state index < -0.39 is 23.8 Å². The predicted octanol–water partition coefficient (Wildman–Crippen LogP) is 0.941. The molecule has 0 radical (unpaired) electrons. The van der Waals surface area contributed by atoms with Gasteiger partial charge in [-0.1, -0.05) is 18.2 Å². The molecule has 1 N–H and O–H groups in total. The van der Waals surface area contributed by atoms with Gasteiger partial charge in [-0.15, -0.1) is 12.4 Å². The molecule has 1 fully saturated rings. The number of hydrogen-bond donors (Lipinski definition) is 1. The first-order valence-electron chi connectivity index (χ1n) is 7.36. The first kappa shape index (κ1) is 20.1. The normalized spacial score (nSPS) is 18.5. The Kier molecular flexibility index (Phi) is 6.86. The van der Waals surface area contributed by atoms with Crippen LogP contribution >= 0.6 is 12.4 Å². The fourth-order valence-corrected chi connectivity index (χ4v) is 2.53. The number of halogens is 2. The topological polar surface area (TPSA) is 69.7 Å². The highest BCUT2D eigenvalue weighted by Crippen LogP contribution is 2.19. The van der Waals surface area contributed by atoms with Gasteiger partial charge in [0.05, 0.1) is 12.5 Å². The highest BCUT2D eigenvalue weighted by atomic mass is 35.5. The van der Waals surface area contributed by atoms with Crippen molar-refractivity contribution in [2.75, 3.05) is 14.1 Å². The minimum Gasteiger partial charge on any atom is -0.350 e. The van der Waals surface area contributed by atoms with Crippen molar-refractivity contribution >= 4 is 30.1 Å². The third kappa shape index (κ3) is 4.10. The van der Waals surface area contributed by atoms with E-state index in [4.69, 9.17) is 0 Å². The monoisotopic (exact) mass is 357 g/mol. The molecule has 0 aromatic heterocycles. The van der Waals surface area contributed by atoms with Crippen molar-refractivity contribution in [3.63, 3.8) is 0 Å². The minimum absolute atomic E-state index is 0. The van der Waals surface area contributed by atoms with E-state index >= 15 is 0 Å². The van der Waals surface area contributed by atoms with Crippen LogP contribution in [0.4, 0.5) is 4.39 Å². The second-order valence-corrected chi connectivity index (χ2v) is 5.77. The first-order chi connectivity index (χ1) is 10.8. The zero-order valence-corrected chi connectivity index (χ0v) is 14.6. The lowest BCUT2D eigenvalue weighted by atomic mass is 10.2. The van der Waals surface area contributed by atoms with Gasteiger partial charge in [-0.25, -0.2) is 4.39 Å². The quantitative estimate of drug-likeness (QED) is 0.796. The van der Waals surface area contributed by atoms with Gasteiger partial charge >= 0.3 is 0 Å². The molecule has 24 heavy (non-hydrogen) atoms. The molecule has 0 saturated carbocycles. The van der Waals surface area contributed by atoms with E-state index in [1.54, 1.807) is 37.2 Å². The summed E-state index contributed by atoms with van der Waals surface area (Å²) in [6.45, 7) is 1.49. The second kappa shape index (κ2) is 8.21. The summed E-state index contributed by atoms with van der Waals surface area (Å²) in [7, 11) is 3.42. The number of likely N-dealkylation sites (tertiary alicyclic amines) is 1. The molecular weight excluding hydrogens is 337 g/mol. The smallest absolute Gasteiger partial charge is 0.247 e. The molecule has 1 aliphatic heterocycles. The van der Waals surface area contributed by atoms with Gasteiger partial charge in [-0.05, 0) is 27.1 Å². The molecule has 0 aliphatic carbocycles. The molecule has 8 heteroatoms. The average molecular weight is 358 g/mol. The van der Waals surface area contributed by atoms with Crippen LogP contribution in [-0.2, 0) is 20.9 Å². The predicted molar refractivity (Wildman–Crippen MR) is 88.9 cm³/mol. The van der Waals surface area contributed by atoms with Crippen molar-refractivity contribution in [3.05, 3.63) is 35.6 Å². The third-order valence-electron chi connectivity index (χ3n) is 3.96. The Bertz CT molecular complexity index is 639. The van der Waals surface area contributed by atoms with Crippen molar-refractivity contribution in [3.8, 4) is 0 Å². The number of rotatable bonds is 5. The Morgan fingerprint density at radius 2 is 2.00 bits per heavy atom. The number of likely N-dealkylation sites (N-methyl/N-ethyl adjacent to an activating group) is 1. The molecule has 1 heterocycles. The lowest BCUT2D eigenvalue weighted by molar-refractivity contribution is -0.147. The van der Waals surface area contributed by atoms with Crippen molar-refractivity contribution in [2.24, 2.45) is 0 Å². The molecule has 132 valence electrons. The number of carbonyl (C=O) groups excluding carboxylic acids is 3. The van der Waals surface area contributed by atoms with E-state index in [2.05, 4.69) is 5.32 Å². The van der Waals surface area contributed by atoms with E-state index in [1.807, 2.05) is 0 Å². The standard InChI is InChI=1S/C16H20FN3O3.ClH/c1-10(20-14(21)8-13(16(20)23)19(2)3)15(22)18-9-11-6-4-5-7-12(11)17;/h4-7,10,13H,8-9H2,1-3H3,(H,18,22);1H/t10?,13-;/m0./s1. The highest BCUT2D eigenvalue weighted by Gasteiger charge is 2.43. The Labute approximate surface area is 146 Å². The summed E-state index contributed by atoms with van der Waals surface area (Å²) >= 11 is 0. The number of benzene rings is 1. The van der Waals surface area contributed by atoms with Gasteiger partial charge in [-0.2, -0.15) is 0 Å². The number of imide groups is 1. The summed E-state index contributed by atoms with van der Waals surface area (Å²) in [5, 5.41) is 2.56. The van der Waals surface area contributed by atoms with Crippen LogP contribution in [0, 0.1) is 5.82 Å². The molecular formula is C16H21ClFN3O3. The van der Waals surface area contributed by atoms with E-state index in [0.29, 0.717) is 5.56 Å². The number of amides is 3. The number of carbonyl (C=O) groups is 3. The third-order valence-corrected chi connectivity index (χ3v) is 3.96. The Hall–Kier alpha value is -1.99. The summed E-state index contributed by atoms with van der Waals surface area (Å²) in [6.07, 6.45) is 0.0662. The molecule has 6 nitrogen and oxygen atoms in total. The van der Waals surface area contributed by atoms with E-state index in [9.17, 15) is 18.8 Å². The SMILES string of the molecule is CC(C(=O)NCc1ccccc1F)N1C(=O)C[C@H](N(C)C)C1=O.Cl. The Balaban J connectivity index is 0.00000288. The average Bonchev–Trinajstić information content (AvgIpc) is 2.80. The summed E-state index contributed by atoms with van der Waals surface area (Å²) in [5.74, 6) is -1.66. The fourth-order valence-electron chi connectivity index (χ4n) is 2.53. The van der Waals surface area contributed by atoms with Crippen molar-refractivity contribution in [1.29, 1.82) is 0 Å². The molecule has 1 aromatic rings. The summed E-state index contributed by atoms with van der Waals surface area (Å²) in [4.78, 5) is 39.1. The summed E-state index contributed by atoms with van der Waals surface area (Å²) in [6, 6.07) is 4.64. The molecule has 2 atom stereocenters. The van der Waals surface area contributed by atoms with Gasteiger partial charge < -0.3 is 5.32 Å². The number of nitrogens with one attached hydrogen (secondary N) is 1. The summed E-state index contributed by atoms with van der Waals surface area (Å²) in [5.41, 5.74) is 0.346. The Morgan fingerprint density at radius 3 is 2.54 bits per heavy atom. The van der Waals surface area contributed by atoms with Crippen LogP contribution in [0.5, 0.6) is 0 Å². The van der Waals surface area contributed by atoms with Crippen LogP contribution in [-0.4, -0.2) is 53.7 Å². The van der Waals surface area contributed by atoms with Gasteiger partial charge in [0.15, 0.2) is 0 Å². The van der Waals surface area contributed by atoms with E-state index in [-0.39, 0.29) is 37.2 Å². The molecule has 1 aliphatic rings. The zero-order valence-electron chi connectivity index (χ0n) is 13.8. The largest absolute Gasteiger partial charge is 0.350 e. The maximum atomic E-state index is 13.5. The molecule has 2 rings (SSSR count). The Morgan fingerprint density at radius 1 is 1.38 bits per heavy atom. The van der Waals surface area contributed by atoms with Crippen LogP contribution in [0.25, 0.3) is 0 Å². The highest BCUT2D eigenvalue weighted by molar-refractivity contribution is 6.08. The van der Waals surface area contributed by atoms with Gasteiger partial charge in [0, 0.05) is 12.1 Å². The van der Waals surface area contributed by atoms with Crippen molar-refractivity contribution in [2.45, 2.75) is 32.0 Å². The van der Waals surface area contributed by atoms with E-state index in [1.165, 1.54) is 13.0 Å². The van der Waals surface area contributed by atoms with Gasteiger partial charge in [-0.3, -0.25) is 24.2 Å². The van der Waals surface area contributed by atoms with Gasteiger partial charge in [0.25, 0.3) is 0 Å². The molecule has 0 spiro atoms. The lowest BCUT2D eigenvalue weighted by Gasteiger charge is -2.23. The maximum absolute atomic E-state index is 13.5. The first-order valence-corrected chi connectivity index (χ1v) is 7.36. The summed E-state index contributed by atoms with van der Waals surface area (Å²) < 4.78 is 13.5. The van der Waals surface area contributed by atoms with Crippen LogP contribution < -0.4 is 5.32 Å². The van der Waals surface area contributed by atoms with Gasteiger partial charge in [0.1, 0.15) is 11.9 Å². The lowest BCUT2D eigenvalue weighted by Crippen LogP contribution is -2.49. The number of hydrogen-bond acceptors (Lipinski definition) is 4. The molecule has 3 amide bonds. The van der Waals surface area contributed by atoms with Crippen LogP contribution in [0.1, 0.15) is 18.9 Å². The molecule has 0 bridgehead atoms. The number of nitrogens with zero attached hydrogens (tertiary/aromatic N) is 2. The maximum Gasteiger partial charge on any atom is 0.247 e. The minimum atomic E-state index is -0.924.